The Morgan fingerprint density at radius 3 is 1.29 bits per heavy atom. The normalized spacial score (nSPS) is 13.4. The van der Waals surface area contributed by atoms with E-state index in [9.17, 15) is 9.59 Å². The van der Waals surface area contributed by atoms with E-state index >= 15 is 0 Å². The Hall–Kier alpha value is -0.100. The molecule has 3 nitrogen and oxygen atoms in total. The van der Waals surface area contributed by atoms with Gasteiger partial charge in [-0.3, -0.25) is 14.5 Å². The molecule has 0 N–H and O–H groups in total. The number of unbranched alkanes of at least 4 members (excludes halogenated alkanes) is 13. The lowest BCUT2D eigenvalue weighted by Crippen LogP contribution is -2.30. The highest BCUT2D eigenvalue weighted by atomic mass is 79.9. The van der Waals surface area contributed by atoms with Crippen LogP contribution < -0.4 is 0 Å². The van der Waals surface area contributed by atoms with Crippen molar-refractivity contribution in [2.75, 3.05) is 6.54 Å². The van der Waals surface area contributed by atoms with Crippen LogP contribution in [0.2, 0.25) is 10.0 Å². The average molecular weight is 598 g/mol. The topological polar surface area (TPSA) is 37.4 Å². The van der Waals surface area contributed by atoms with Crippen molar-refractivity contribution >= 4 is 66.9 Å². The molecule has 0 atom stereocenters. The van der Waals surface area contributed by atoms with Gasteiger partial charge < -0.3 is 0 Å². The summed E-state index contributed by atoms with van der Waals surface area (Å²) in [6, 6.07) is 0. The van der Waals surface area contributed by atoms with Crippen LogP contribution in [0, 0.1) is 0 Å². The van der Waals surface area contributed by atoms with Gasteiger partial charge in [0.2, 0.25) is 0 Å². The maximum atomic E-state index is 12.8. The Balaban J connectivity index is 1.60. The third-order valence-corrected chi connectivity index (χ3v) is 8.82. The first kappa shape index (κ1) is 27.1. The van der Waals surface area contributed by atoms with Crippen molar-refractivity contribution in [3.05, 3.63) is 30.1 Å². The van der Waals surface area contributed by atoms with Gasteiger partial charge in [0.25, 0.3) is 11.8 Å². The molecule has 0 radical (unpaired) electrons. The van der Waals surface area contributed by atoms with Crippen LogP contribution in [0.3, 0.4) is 0 Å². The lowest BCUT2D eigenvalue weighted by atomic mass is 10.0. The van der Waals surface area contributed by atoms with Crippen LogP contribution in [0.4, 0.5) is 0 Å². The molecular formula is C24H33Br2Cl2NO2. The Kier molecular flexibility index (Phi) is 12.5. The summed E-state index contributed by atoms with van der Waals surface area (Å²) in [5.74, 6) is -0.610. The second-order valence-electron chi connectivity index (χ2n) is 8.36. The van der Waals surface area contributed by atoms with Gasteiger partial charge in [0, 0.05) is 6.54 Å². The first-order valence-electron chi connectivity index (χ1n) is 11.6. The molecule has 0 fully saturated rings. The highest BCUT2D eigenvalue weighted by Crippen LogP contribution is 2.45. The second kappa shape index (κ2) is 14.2. The van der Waals surface area contributed by atoms with Crippen LogP contribution in [-0.2, 0) is 0 Å². The summed E-state index contributed by atoms with van der Waals surface area (Å²) >= 11 is 19.0. The molecule has 0 bridgehead atoms. The fourth-order valence-corrected chi connectivity index (χ4v) is 5.80. The molecule has 0 unspecified atom stereocenters. The van der Waals surface area contributed by atoms with Crippen molar-refractivity contribution in [3.8, 4) is 0 Å². The molecule has 1 aromatic carbocycles. The zero-order valence-electron chi connectivity index (χ0n) is 18.4. The van der Waals surface area contributed by atoms with Crippen molar-refractivity contribution in [3.63, 3.8) is 0 Å². The summed E-state index contributed by atoms with van der Waals surface area (Å²) < 4.78 is 0.776. The first-order valence-corrected chi connectivity index (χ1v) is 14.0. The summed E-state index contributed by atoms with van der Waals surface area (Å²) in [7, 11) is 0. The summed E-state index contributed by atoms with van der Waals surface area (Å²) in [5.41, 5.74) is 0.605. The largest absolute Gasteiger partial charge is 0.274 e. The number of fused-ring (bicyclic) bond motifs is 1. The molecule has 7 heteroatoms. The van der Waals surface area contributed by atoms with Crippen LogP contribution in [0.25, 0.3) is 0 Å². The quantitative estimate of drug-likeness (QED) is 0.0873. The van der Waals surface area contributed by atoms with Crippen molar-refractivity contribution in [2.24, 2.45) is 0 Å². The summed E-state index contributed by atoms with van der Waals surface area (Å²) in [4.78, 5) is 26.8. The molecule has 2 rings (SSSR count). The Morgan fingerprint density at radius 1 is 0.613 bits per heavy atom. The Labute approximate surface area is 213 Å². The molecule has 1 aliphatic rings. The van der Waals surface area contributed by atoms with Crippen LogP contribution in [0.1, 0.15) is 118 Å². The predicted molar refractivity (Wildman–Crippen MR) is 138 cm³/mol. The highest BCUT2D eigenvalue weighted by Gasteiger charge is 2.40. The number of nitrogens with zero attached hydrogens (tertiary/aromatic N) is 1. The van der Waals surface area contributed by atoms with Crippen LogP contribution in [0.5, 0.6) is 0 Å². The zero-order chi connectivity index (χ0) is 22.8. The Morgan fingerprint density at radius 2 is 0.935 bits per heavy atom. The molecule has 1 aliphatic heterocycles. The molecule has 0 saturated heterocycles. The molecule has 31 heavy (non-hydrogen) atoms. The van der Waals surface area contributed by atoms with Crippen molar-refractivity contribution in [1.29, 1.82) is 0 Å². The molecule has 0 aromatic heterocycles. The third-order valence-electron chi connectivity index (χ3n) is 5.92. The van der Waals surface area contributed by atoms with E-state index in [-0.39, 0.29) is 21.9 Å². The van der Waals surface area contributed by atoms with Gasteiger partial charge in [0.15, 0.2) is 0 Å². The standard InChI is InChI=1S/C24H33Br2Cl2NO2/c1-2-3-4-5-6-7-8-9-10-11-12-13-14-15-16-29-23(30)17-18(24(29)31)20(26)22(28)21(27)19(17)25/h2-16H2,1H3. The van der Waals surface area contributed by atoms with Crippen molar-refractivity contribution < 1.29 is 9.59 Å². The van der Waals surface area contributed by atoms with Gasteiger partial charge in [-0.15, -0.1) is 0 Å². The fraction of sp³-hybridized carbons (Fsp3) is 0.667. The third kappa shape index (κ3) is 7.45. The highest BCUT2D eigenvalue weighted by molar-refractivity contribution is 9.11. The maximum absolute atomic E-state index is 12.8. The van der Waals surface area contributed by atoms with E-state index in [2.05, 4.69) is 38.8 Å². The minimum absolute atomic E-state index is 0.242. The number of amides is 2. The van der Waals surface area contributed by atoms with E-state index in [0.29, 0.717) is 26.6 Å². The van der Waals surface area contributed by atoms with Gasteiger partial charge in [-0.2, -0.15) is 0 Å². The minimum Gasteiger partial charge on any atom is -0.274 e. The van der Waals surface area contributed by atoms with Crippen LogP contribution in [-0.4, -0.2) is 23.3 Å². The fourth-order valence-electron chi connectivity index (χ4n) is 4.06. The Bertz CT molecular complexity index is 724. The number of rotatable bonds is 15. The van der Waals surface area contributed by atoms with Crippen molar-refractivity contribution in [1.82, 2.24) is 4.90 Å². The monoisotopic (exact) mass is 595 g/mol. The van der Waals surface area contributed by atoms with E-state index in [1.165, 1.54) is 75.5 Å². The smallest absolute Gasteiger partial charge is 0.262 e. The number of hydrogen-bond donors (Lipinski definition) is 0. The number of hydrogen-bond acceptors (Lipinski definition) is 2. The summed E-state index contributed by atoms with van der Waals surface area (Å²) in [6.45, 7) is 2.69. The number of benzene rings is 1. The van der Waals surface area contributed by atoms with Gasteiger partial charge in [0.1, 0.15) is 0 Å². The number of carbonyl (C=O) groups excluding carboxylic acids is 2. The number of carbonyl (C=O) groups is 2. The molecular weight excluding hydrogens is 565 g/mol. The van der Waals surface area contributed by atoms with Gasteiger partial charge >= 0.3 is 0 Å². The lowest BCUT2D eigenvalue weighted by molar-refractivity contribution is 0.0651. The minimum atomic E-state index is -0.305. The molecule has 2 amide bonds. The predicted octanol–water partition coefficient (Wildman–Crippen LogP) is 9.60. The van der Waals surface area contributed by atoms with Crippen LogP contribution >= 0.6 is 55.1 Å². The molecule has 1 heterocycles. The van der Waals surface area contributed by atoms with E-state index in [1.54, 1.807) is 0 Å². The molecule has 0 saturated carbocycles. The van der Waals surface area contributed by atoms with E-state index < -0.39 is 0 Å². The van der Waals surface area contributed by atoms with Gasteiger partial charge in [0.05, 0.1) is 30.1 Å². The van der Waals surface area contributed by atoms with Gasteiger partial charge in [-0.25, -0.2) is 0 Å². The van der Waals surface area contributed by atoms with E-state index in [1.807, 2.05) is 0 Å². The zero-order valence-corrected chi connectivity index (χ0v) is 23.1. The maximum Gasteiger partial charge on any atom is 0.262 e. The summed E-state index contributed by atoms with van der Waals surface area (Å²) in [6.07, 6.45) is 17.8. The van der Waals surface area contributed by atoms with Crippen molar-refractivity contribution in [2.45, 2.75) is 96.8 Å². The second-order valence-corrected chi connectivity index (χ2v) is 10.7. The van der Waals surface area contributed by atoms with Crippen LogP contribution in [0.15, 0.2) is 8.95 Å². The van der Waals surface area contributed by atoms with E-state index in [4.69, 9.17) is 23.2 Å². The summed E-state index contributed by atoms with van der Waals surface area (Å²) in [5, 5.41) is 0.485. The van der Waals surface area contributed by atoms with Gasteiger partial charge in [-0.05, 0) is 38.3 Å². The molecule has 1 aromatic rings. The first-order chi connectivity index (χ1) is 14.9. The number of imide groups is 1. The van der Waals surface area contributed by atoms with E-state index in [0.717, 1.165) is 19.3 Å². The molecule has 0 spiro atoms. The molecule has 0 aliphatic carbocycles. The molecule has 174 valence electrons. The van der Waals surface area contributed by atoms with Gasteiger partial charge in [-0.1, -0.05) is 114 Å². The average Bonchev–Trinajstić information content (AvgIpc) is 3.01. The lowest BCUT2D eigenvalue weighted by Gasteiger charge is -2.13. The number of halogens is 4. The SMILES string of the molecule is CCCCCCCCCCCCCCCCN1C(=O)c2c(Br)c(Cl)c(Cl)c(Br)c2C1=O.